The number of carbonyl (C=O) groups is 1. The summed E-state index contributed by atoms with van der Waals surface area (Å²) in [5.74, 6) is 1.00. The third kappa shape index (κ3) is 5.60. The fourth-order valence-corrected chi connectivity index (χ4v) is 5.26. The van der Waals surface area contributed by atoms with E-state index in [2.05, 4.69) is 25.2 Å². The predicted octanol–water partition coefficient (Wildman–Crippen LogP) is 3.09. The Bertz CT molecular complexity index is 1300. The number of hydrogen-bond acceptors (Lipinski definition) is 7. The lowest BCUT2D eigenvalue weighted by atomic mass is 10.2. The summed E-state index contributed by atoms with van der Waals surface area (Å²) < 4.78 is 29.6. The van der Waals surface area contributed by atoms with Gasteiger partial charge in [-0.15, -0.1) is 10.2 Å². The maximum absolute atomic E-state index is 12.6. The van der Waals surface area contributed by atoms with E-state index in [1.807, 2.05) is 42.7 Å². The number of amides is 1. The van der Waals surface area contributed by atoms with Crippen molar-refractivity contribution >= 4 is 39.2 Å². The van der Waals surface area contributed by atoms with E-state index in [9.17, 15) is 13.2 Å². The second-order valence-electron chi connectivity index (χ2n) is 7.60. The zero-order valence-electron chi connectivity index (χ0n) is 18.3. The van der Waals surface area contributed by atoms with Crippen LogP contribution < -0.4 is 10.0 Å². The number of benzene rings is 2. The molecule has 4 rings (SSSR count). The van der Waals surface area contributed by atoms with Crippen LogP contribution >= 0.6 is 11.8 Å². The molecule has 1 amide bonds. The molecule has 0 saturated carbocycles. The number of aliphatic imine (C=N–C) groups is 1. The van der Waals surface area contributed by atoms with E-state index in [0.29, 0.717) is 29.6 Å². The Kier molecular flexibility index (Phi) is 6.80. The smallest absolute Gasteiger partial charge is 0.262 e. The summed E-state index contributed by atoms with van der Waals surface area (Å²) in [6.45, 7) is 4.50. The van der Waals surface area contributed by atoms with Gasteiger partial charge in [-0.05, 0) is 50.6 Å². The molecule has 3 aromatic rings. The fourth-order valence-electron chi connectivity index (χ4n) is 3.33. The van der Waals surface area contributed by atoms with Crippen LogP contribution in [0.2, 0.25) is 0 Å². The van der Waals surface area contributed by atoms with Crippen molar-refractivity contribution in [2.45, 2.75) is 36.7 Å². The molecule has 0 spiro atoms. The lowest BCUT2D eigenvalue weighted by molar-refractivity contribution is -0.113. The van der Waals surface area contributed by atoms with Crippen LogP contribution in [-0.2, 0) is 14.8 Å². The summed E-state index contributed by atoms with van der Waals surface area (Å²) in [6, 6.07) is 14.1. The quantitative estimate of drug-likeness (QED) is 0.498. The molecule has 0 aliphatic carbocycles. The van der Waals surface area contributed by atoms with E-state index in [4.69, 9.17) is 0 Å². The van der Waals surface area contributed by atoms with E-state index < -0.39 is 10.0 Å². The van der Waals surface area contributed by atoms with Crippen LogP contribution in [0.25, 0.3) is 5.69 Å². The summed E-state index contributed by atoms with van der Waals surface area (Å²) >= 11 is 1.26. The Labute approximate surface area is 196 Å². The van der Waals surface area contributed by atoms with Crippen LogP contribution in [0.4, 0.5) is 5.69 Å². The SMILES string of the molecule is Cc1ccc(-n2c(C)nnc2SCC(=O)Nc2cccc(S(=O)(=O)NC3=NCCC3)c2)cc1. The monoisotopic (exact) mass is 484 g/mol. The van der Waals surface area contributed by atoms with Crippen LogP contribution in [-0.4, -0.2) is 47.2 Å². The number of sulfonamides is 1. The van der Waals surface area contributed by atoms with Gasteiger partial charge >= 0.3 is 0 Å². The lowest BCUT2D eigenvalue weighted by Crippen LogP contribution is -2.29. The molecule has 1 aliphatic heterocycles. The second-order valence-corrected chi connectivity index (χ2v) is 10.2. The Balaban J connectivity index is 1.41. The first kappa shape index (κ1) is 23.0. The molecule has 0 atom stereocenters. The molecule has 0 unspecified atom stereocenters. The molecule has 0 radical (unpaired) electrons. The van der Waals surface area contributed by atoms with Crippen molar-refractivity contribution < 1.29 is 13.2 Å². The van der Waals surface area contributed by atoms with Gasteiger partial charge in [0, 0.05) is 24.3 Å². The number of rotatable bonds is 7. The van der Waals surface area contributed by atoms with Crippen molar-refractivity contribution in [3.05, 3.63) is 59.9 Å². The van der Waals surface area contributed by atoms with Gasteiger partial charge < -0.3 is 5.32 Å². The average molecular weight is 485 g/mol. The fraction of sp³-hybridized carbons (Fsp3) is 0.273. The Morgan fingerprint density at radius 2 is 1.91 bits per heavy atom. The normalized spacial score (nSPS) is 13.6. The van der Waals surface area contributed by atoms with Crippen molar-refractivity contribution in [1.29, 1.82) is 0 Å². The predicted molar refractivity (Wildman–Crippen MR) is 128 cm³/mol. The third-order valence-electron chi connectivity index (χ3n) is 4.97. The molecule has 2 N–H and O–H groups in total. The van der Waals surface area contributed by atoms with Crippen LogP contribution in [0.1, 0.15) is 24.2 Å². The van der Waals surface area contributed by atoms with Crippen LogP contribution in [0, 0.1) is 13.8 Å². The van der Waals surface area contributed by atoms with Gasteiger partial charge in [0.25, 0.3) is 10.0 Å². The van der Waals surface area contributed by atoms with Gasteiger partial charge in [-0.1, -0.05) is 35.5 Å². The molecule has 11 heteroatoms. The minimum Gasteiger partial charge on any atom is -0.325 e. The molecule has 1 aliphatic rings. The number of nitrogens with zero attached hydrogens (tertiary/aromatic N) is 4. The van der Waals surface area contributed by atoms with Gasteiger partial charge in [-0.2, -0.15) is 0 Å². The number of hydrogen-bond donors (Lipinski definition) is 2. The minimum absolute atomic E-state index is 0.0669. The highest BCUT2D eigenvalue weighted by atomic mass is 32.2. The molecule has 0 bridgehead atoms. The number of carbonyl (C=O) groups excluding carboxylic acids is 1. The van der Waals surface area contributed by atoms with E-state index in [-0.39, 0.29) is 16.6 Å². The van der Waals surface area contributed by atoms with Crippen molar-refractivity contribution in [3.63, 3.8) is 0 Å². The van der Waals surface area contributed by atoms with E-state index >= 15 is 0 Å². The number of thioether (sulfide) groups is 1. The zero-order chi connectivity index (χ0) is 23.4. The molecule has 33 heavy (non-hydrogen) atoms. The number of aryl methyl sites for hydroxylation is 2. The second kappa shape index (κ2) is 9.75. The largest absolute Gasteiger partial charge is 0.325 e. The number of amidine groups is 1. The number of aromatic nitrogens is 3. The molecule has 2 heterocycles. The van der Waals surface area contributed by atoms with Gasteiger partial charge in [0.05, 0.1) is 10.6 Å². The highest BCUT2D eigenvalue weighted by molar-refractivity contribution is 7.99. The van der Waals surface area contributed by atoms with E-state index in [1.165, 1.54) is 23.9 Å². The zero-order valence-corrected chi connectivity index (χ0v) is 19.9. The van der Waals surface area contributed by atoms with E-state index in [1.54, 1.807) is 12.1 Å². The van der Waals surface area contributed by atoms with Crippen molar-refractivity contribution in [2.75, 3.05) is 17.6 Å². The standard InChI is InChI=1S/C22H24N6O3S2/c1-15-8-10-18(11-9-15)28-16(2)25-26-22(28)32-14-21(29)24-17-5-3-6-19(13-17)33(30,31)27-20-7-4-12-23-20/h3,5-6,8-11,13H,4,7,12,14H2,1-2H3,(H,23,27)(H,24,29). The Hall–Kier alpha value is -3.18. The molecular weight excluding hydrogens is 460 g/mol. The summed E-state index contributed by atoms with van der Waals surface area (Å²) in [6.07, 6.45) is 1.45. The molecule has 2 aromatic carbocycles. The molecule has 172 valence electrons. The minimum atomic E-state index is -3.75. The van der Waals surface area contributed by atoms with Gasteiger partial charge in [-0.3, -0.25) is 19.1 Å². The number of anilines is 1. The van der Waals surface area contributed by atoms with Crippen LogP contribution in [0.15, 0.2) is 63.6 Å². The molecular formula is C22H24N6O3S2. The first-order valence-electron chi connectivity index (χ1n) is 10.4. The Morgan fingerprint density at radius 1 is 1.12 bits per heavy atom. The van der Waals surface area contributed by atoms with E-state index in [0.717, 1.165) is 23.5 Å². The van der Waals surface area contributed by atoms with Crippen LogP contribution in [0.5, 0.6) is 0 Å². The van der Waals surface area contributed by atoms with Crippen molar-refractivity contribution in [1.82, 2.24) is 19.5 Å². The van der Waals surface area contributed by atoms with Crippen molar-refractivity contribution in [2.24, 2.45) is 4.99 Å². The summed E-state index contributed by atoms with van der Waals surface area (Å²) in [5.41, 5.74) is 2.46. The highest BCUT2D eigenvalue weighted by Crippen LogP contribution is 2.23. The first-order chi connectivity index (χ1) is 15.8. The van der Waals surface area contributed by atoms with Crippen LogP contribution in [0.3, 0.4) is 0 Å². The topological polar surface area (TPSA) is 118 Å². The molecule has 9 nitrogen and oxygen atoms in total. The summed E-state index contributed by atoms with van der Waals surface area (Å²) in [5, 5.41) is 11.7. The maximum Gasteiger partial charge on any atom is 0.262 e. The molecule has 0 saturated heterocycles. The lowest BCUT2D eigenvalue weighted by Gasteiger charge is -2.11. The Morgan fingerprint density at radius 3 is 2.64 bits per heavy atom. The van der Waals surface area contributed by atoms with Gasteiger partial charge in [-0.25, -0.2) is 8.42 Å². The molecule has 0 fully saturated rings. The highest BCUT2D eigenvalue weighted by Gasteiger charge is 2.19. The summed E-state index contributed by atoms with van der Waals surface area (Å²) in [7, 11) is -3.75. The third-order valence-corrected chi connectivity index (χ3v) is 7.28. The molecule has 1 aromatic heterocycles. The first-order valence-corrected chi connectivity index (χ1v) is 12.9. The van der Waals surface area contributed by atoms with Gasteiger partial charge in [0.1, 0.15) is 11.7 Å². The summed E-state index contributed by atoms with van der Waals surface area (Å²) in [4.78, 5) is 16.8. The van der Waals surface area contributed by atoms with Gasteiger partial charge in [0.15, 0.2) is 5.16 Å². The van der Waals surface area contributed by atoms with Crippen molar-refractivity contribution in [3.8, 4) is 5.69 Å². The maximum atomic E-state index is 12.6. The van der Waals surface area contributed by atoms with Gasteiger partial charge in [0.2, 0.25) is 5.91 Å². The average Bonchev–Trinajstić information content (AvgIpc) is 3.42. The number of nitrogens with one attached hydrogen (secondary N) is 2.